The molecule has 3 aromatic rings. The molecule has 0 aliphatic heterocycles. The molecular formula is C22H23N3O7S. The van der Waals surface area contributed by atoms with Crippen LogP contribution in [-0.4, -0.2) is 33.9 Å². The number of hydrazine groups is 1. The Morgan fingerprint density at radius 2 is 1.67 bits per heavy atom. The maximum atomic E-state index is 12.5. The maximum absolute atomic E-state index is 12.5. The van der Waals surface area contributed by atoms with Crippen molar-refractivity contribution in [3.8, 4) is 11.5 Å². The van der Waals surface area contributed by atoms with Gasteiger partial charge in [-0.2, -0.15) is 0 Å². The number of ether oxygens (including phenoxy) is 2. The van der Waals surface area contributed by atoms with Gasteiger partial charge in [-0.25, -0.2) is 13.1 Å². The van der Waals surface area contributed by atoms with E-state index in [4.69, 9.17) is 13.9 Å². The number of benzene rings is 2. The average Bonchev–Trinajstić information content (AvgIpc) is 3.35. The van der Waals surface area contributed by atoms with Crippen LogP contribution in [-0.2, 0) is 16.6 Å². The van der Waals surface area contributed by atoms with Gasteiger partial charge in [0, 0.05) is 11.1 Å². The fourth-order valence-corrected chi connectivity index (χ4v) is 3.85. The van der Waals surface area contributed by atoms with Crippen molar-refractivity contribution in [3.63, 3.8) is 0 Å². The molecule has 0 radical (unpaired) electrons. The second kappa shape index (κ2) is 10.7. The van der Waals surface area contributed by atoms with Gasteiger partial charge in [-0.3, -0.25) is 20.4 Å². The van der Waals surface area contributed by atoms with Crippen molar-refractivity contribution in [3.05, 3.63) is 77.7 Å². The highest BCUT2D eigenvalue weighted by molar-refractivity contribution is 7.89. The van der Waals surface area contributed by atoms with Gasteiger partial charge in [0.1, 0.15) is 5.76 Å². The molecule has 0 aliphatic carbocycles. The number of sulfonamides is 1. The molecular weight excluding hydrogens is 450 g/mol. The fourth-order valence-electron chi connectivity index (χ4n) is 2.81. The first-order valence-electron chi connectivity index (χ1n) is 9.87. The molecule has 0 atom stereocenters. The normalized spacial score (nSPS) is 11.0. The molecule has 0 fully saturated rings. The smallest absolute Gasteiger partial charge is 0.269 e. The van der Waals surface area contributed by atoms with E-state index in [0.717, 1.165) is 0 Å². The van der Waals surface area contributed by atoms with Crippen LogP contribution in [0.1, 0.15) is 33.4 Å². The van der Waals surface area contributed by atoms with Crippen molar-refractivity contribution in [2.45, 2.75) is 18.4 Å². The number of rotatable bonds is 9. The molecule has 11 heteroatoms. The molecule has 0 unspecified atom stereocenters. The standard InChI is InChI=1S/C22H23N3O7S/c1-3-31-19-10-9-16(13-20(19)30-2)22(27)25-24-21(26)15-6-4-8-18(12-15)33(28,29)23-14-17-7-5-11-32-17/h4-13,23H,3,14H2,1-2H3,(H,24,26)(H,25,27). The molecule has 2 aromatic carbocycles. The molecule has 0 saturated heterocycles. The van der Waals surface area contributed by atoms with Crippen LogP contribution in [0.2, 0.25) is 0 Å². The summed E-state index contributed by atoms with van der Waals surface area (Å²) in [7, 11) is -2.44. The summed E-state index contributed by atoms with van der Waals surface area (Å²) in [6.45, 7) is 2.23. The Bertz CT molecular complexity index is 1220. The number of hydrogen-bond acceptors (Lipinski definition) is 7. The summed E-state index contributed by atoms with van der Waals surface area (Å²) >= 11 is 0. The SMILES string of the molecule is CCOc1ccc(C(=O)NNC(=O)c2cccc(S(=O)(=O)NCc3ccco3)c2)cc1OC. The molecule has 33 heavy (non-hydrogen) atoms. The van der Waals surface area contributed by atoms with Crippen LogP contribution in [0, 0.1) is 0 Å². The molecule has 0 spiro atoms. The average molecular weight is 474 g/mol. The highest BCUT2D eigenvalue weighted by Crippen LogP contribution is 2.27. The Morgan fingerprint density at radius 3 is 2.30 bits per heavy atom. The zero-order valence-corrected chi connectivity index (χ0v) is 18.8. The Balaban J connectivity index is 1.64. The van der Waals surface area contributed by atoms with Crippen LogP contribution < -0.4 is 25.0 Å². The van der Waals surface area contributed by atoms with Gasteiger partial charge in [0.2, 0.25) is 10.0 Å². The highest BCUT2D eigenvalue weighted by Gasteiger charge is 2.17. The van der Waals surface area contributed by atoms with Crippen molar-refractivity contribution in [2.24, 2.45) is 0 Å². The lowest BCUT2D eigenvalue weighted by atomic mass is 10.2. The Hall–Kier alpha value is -3.83. The van der Waals surface area contributed by atoms with Gasteiger partial charge < -0.3 is 13.9 Å². The summed E-state index contributed by atoms with van der Waals surface area (Å²) in [5, 5.41) is 0. The highest BCUT2D eigenvalue weighted by atomic mass is 32.2. The summed E-state index contributed by atoms with van der Waals surface area (Å²) < 4.78 is 43.1. The molecule has 3 rings (SSSR count). The third-order valence-corrected chi connectivity index (χ3v) is 5.84. The van der Waals surface area contributed by atoms with E-state index in [1.807, 2.05) is 6.92 Å². The lowest BCUT2D eigenvalue weighted by Crippen LogP contribution is -2.41. The molecule has 174 valence electrons. The third kappa shape index (κ3) is 6.11. The molecule has 1 aromatic heterocycles. The van der Waals surface area contributed by atoms with Crippen molar-refractivity contribution >= 4 is 21.8 Å². The largest absolute Gasteiger partial charge is 0.493 e. The quantitative estimate of drug-likeness (QED) is 0.406. The van der Waals surface area contributed by atoms with Crippen LogP contribution in [0.15, 0.2) is 70.2 Å². The number of carbonyl (C=O) groups is 2. The molecule has 0 aliphatic rings. The predicted octanol–water partition coefficient (Wildman–Crippen LogP) is 2.24. The Labute approximate surface area is 190 Å². The summed E-state index contributed by atoms with van der Waals surface area (Å²) in [6, 6.07) is 13.3. The number of furan rings is 1. The summed E-state index contributed by atoms with van der Waals surface area (Å²) in [6.07, 6.45) is 1.44. The van der Waals surface area contributed by atoms with Crippen molar-refractivity contribution in [1.29, 1.82) is 0 Å². The first-order valence-corrected chi connectivity index (χ1v) is 11.4. The zero-order chi connectivity index (χ0) is 23.8. The van der Waals surface area contributed by atoms with E-state index in [0.29, 0.717) is 23.9 Å². The van der Waals surface area contributed by atoms with Gasteiger partial charge in [-0.05, 0) is 55.5 Å². The first-order chi connectivity index (χ1) is 15.8. The van der Waals surface area contributed by atoms with Crippen LogP contribution >= 0.6 is 0 Å². The van der Waals surface area contributed by atoms with Gasteiger partial charge in [0.15, 0.2) is 11.5 Å². The number of amides is 2. The molecule has 0 bridgehead atoms. The lowest BCUT2D eigenvalue weighted by molar-refractivity contribution is 0.0846. The molecule has 3 N–H and O–H groups in total. The van der Waals surface area contributed by atoms with Crippen LogP contribution in [0.5, 0.6) is 11.5 Å². The first kappa shape index (κ1) is 23.8. The zero-order valence-electron chi connectivity index (χ0n) is 18.0. The van der Waals surface area contributed by atoms with E-state index in [1.165, 1.54) is 49.8 Å². The van der Waals surface area contributed by atoms with Crippen LogP contribution in [0.25, 0.3) is 0 Å². The van der Waals surface area contributed by atoms with E-state index in [9.17, 15) is 18.0 Å². The van der Waals surface area contributed by atoms with Gasteiger partial charge >= 0.3 is 0 Å². The minimum atomic E-state index is -3.89. The second-order valence-corrected chi connectivity index (χ2v) is 8.41. The lowest BCUT2D eigenvalue weighted by Gasteiger charge is -2.12. The molecule has 10 nitrogen and oxygen atoms in total. The van der Waals surface area contributed by atoms with Crippen molar-refractivity contribution in [2.75, 3.05) is 13.7 Å². The second-order valence-electron chi connectivity index (χ2n) is 6.64. The van der Waals surface area contributed by atoms with Crippen molar-refractivity contribution in [1.82, 2.24) is 15.6 Å². The molecule has 0 saturated carbocycles. The van der Waals surface area contributed by atoms with Gasteiger partial charge in [0.05, 0.1) is 31.4 Å². The molecule has 1 heterocycles. The van der Waals surface area contributed by atoms with E-state index in [-0.39, 0.29) is 22.6 Å². The topological polar surface area (TPSA) is 136 Å². The fraction of sp³-hybridized carbons (Fsp3) is 0.182. The van der Waals surface area contributed by atoms with Gasteiger partial charge in [-0.15, -0.1) is 0 Å². The van der Waals surface area contributed by atoms with E-state index in [2.05, 4.69) is 15.6 Å². The summed E-state index contributed by atoms with van der Waals surface area (Å²) in [4.78, 5) is 24.8. The number of carbonyl (C=O) groups excluding carboxylic acids is 2. The Kier molecular flexibility index (Phi) is 7.70. The summed E-state index contributed by atoms with van der Waals surface area (Å²) in [5.41, 5.74) is 4.83. The predicted molar refractivity (Wildman–Crippen MR) is 118 cm³/mol. The van der Waals surface area contributed by atoms with E-state index < -0.39 is 21.8 Å². The van der Waals surface area contributed by atoms with E-state index >= 15 is 0 Å². The Morgan fingerprint density at radius 1 is 0.939 bits per heavy atom. The maximum Gasteiger partial charge on any atom is 0.269 e. The summed E-state index contributed by atoms with van der Waals surface area (Å²) in [5.74, 6) is 0.0223. The van der Waals surface area contributed by atoms with Crippen LogP contribution in [0.4, 0.5) is 0 Å². The minimum absolute atomic E-state index is 0.0344. The monoisotopic (exact) mass is 473 g/mol. The number of hydrogen-bond donors (Lipinski definition) is 3. The third-order valence-electron chi connectivity index (χ3n) is 4.44. The number of methoxy groups -OCH3 is 1. The number of nitrogens with one attached hydrogen (secondary N) is 3. The minimum Gasteiger partial charge on any atom is -0.493 e. The van der Waals surface area contributed by atoms with Crippen molar-refractivity contribution < 1.29 is 31.9 Å². The van der Waals surface area contributed by atoms with Crippen LogP contribution in [0.3, 0.4) is 0 Å². The van der Waals surface area contributed by atoms with Gasteiger partial charge in [0.25, 0.3) is 11.8 Å². The van der Waals surface area contributed by atoms with Gasteiger partial charge in [-0.1, -0.05) is 6.07 Å². The molecule has 2 amide bonds. The van der Waals surface area contributed by atoms with E-state index in [1.54, 1.807) is 18.2 Å².